The van der Waals surface area contributed by atoms with E-state index in [4.69, 9.17) is 51.9 Å². The molecule has 0 aromatic heterocycles. The van der Waals surface area contributed by atoms with Gasteiger partial charge in [-0.05, 0) is 0 Å². The first-order chi connectivity index (χ1) is 13.0. The van der Waals surface area contributed by atoms with Crippen molar-refractivity contribution >= 4 is 40.5 Å². The topological polar surface area (TPSA) is 229 Å². The number of halogens is 12. The average Bonchev–Trinajstić information content (AvgIpc) is 2.30. The van der Waals surface area contributed by atoms with E-state index >= 15 is 0 Å². The summed E-state index contributed by atoms with van der Waals surface area (Å²) in [6.45, 7) is 0. The Morgan fingerprint density at radius 3 is 0.364 bits per heavy atom. The number of hydrogen-bond acceptors (Lipinski definition) is 12. The van der Waals surface area contributed by atoms with Gasteiger partial charge in [0, 0.05) is 25.8 Å². The van der Waals surface area contributed by atoms with E-state index < -0.39 is 62.5 Å². The van der Waals surface area contributed by atoms with Crippen LogP contribution in [0.5, 0.6) is 0 Å². The smallest absolute Gasteiger partial charge is 0.485 e. The third-order valence-corrected chi connectivity index (χ3v) is 3.40. The summed E-state index contributed by atoms with van der Waals surface area (Å²) < 4.78 is 236. The quantitative estimate of drug-likeness (QED) is 0.139. The fourth-order valence-electron chi connectivity index (χ4n) is 0. The summed E-state index contributed by atoms with van der Waals surface area (Å²) in [5.41, 5.74) is -22.6. The van der Waals surface area contributed by atoms with Gasteiger partial charge >= 0.3 is 22.0 Å². The van der Waals surface area contributed by atoms with Gasteiger partial charge in [-0.2, -0.15) is 52.7 Å². The van der Waals surface area contributed by atoms with Gasteiger partial charge in [-0.3, -0.25) is 0 Å². The van der Waals surface area contributed by atoms with Crippen LogP contribution in [0.15, 0.2) is 0 Å². The maximum atomic E-state index is 10.7. The molecule has 0 spiro atoms. The number of alkyl halides is 12. The predicted molar refractivity (Wildman–Crippen MR) is 63.0 cm³/mol. The van der Waals surface area contributed by atoms with Crippen LogP contribution in [-0.4, -0.2) is 73.9 Å². The van der Waals surface area contributed by atoms with Crippen molar-refractivity contribution in [3.63, 3.8) is 0 Å². The molecule has 0 amide bonds. The van der Waals surface area contributed by atoms with E-state index in [1.807, 2.05) is 0 Å². The second-order valence-corrected chi connectivity index (χ2v) is 9.08. The zero-order chi connectivity index (χ0) is 28.0. The second kappa shape index (κ2) is 13.1. The molecule has 0 aliphatic rings. The Kier molecular flexibility index (Phi) is 17.0. The molecule has 0 N–H and O–H groups in total. The van der Waals surface area contributed by atoms with Gasteiger partial charge in [0.05, 0.1) is 0 Å². The minimum Gasteiger partial charge on any atom is -0.741 e. The molecule has 0 radical (unpaired) electrons. The van der Waals surface area contributed by atoms with Gasteiger partial charge in [-0.25, -0.2) is 33.7 Å². The first-order valence-electron chi connectivity index (χ1n) is 5.08. The van der Waals surface area contributed by atoms with Crippen LogP contribution >= 0.6 is 0 Å². The van der Waals surface area contributed by atoms with Gasteiger partial charge in [0.15, 0.2) is 40.5 Å². The van der Waals surface area contributed by atoms with Crippen molar-refractivity contribution < 1.29 is 130 Å². The van der Waals surface area contributed by atoms with E-state index in [2.05, 4.69) is 0 Å². The van der Waals surface area contributed by atoms with Gasteiger partial charge in [-0.15, -0.1) is 0 Å². The van der Waals surface area contributed by atoms with Crippen LogP contribution in [-0.2, 0) is 66.3 Å². The first-order valence-corrected chi connectivity index (χ1v) is 10.7. The Labute approximate surface area is 192 Å². The van der Waals surface area contributed by atoms with Crippen molar-refractivity contribution in [3.05, 3.63) is 0 Å². The molecule has 0 fully saturated rings. The van der Waals surface area contributed by atoms with E-state index in [0.717, 1.165) is 0 Å². The maximum absolute atomic E-state index is 10.7. The van der Waals surface area contributed by atoms with Crippen LogP contribution in [0.3, 0.4) is 0 Å². The summed E-state index contributed by atoms with van der Waals surface area (Å²) in [5.74, 6) is 0. The Morgan fingerprint density at radius 1 is 0.333 bits per heavy atom. The summed E-state index contributed by atoms with van der Waals surface area (Å²) in [4.78, 5) is 0. The van der Waals surface area contributed by atoms with Crippen molar-refractivity contribution in [2.45, 2.75) is 22.0 Å². The van der Waals surface area contributed by atoms with Crippen LogP contribution in [0.25, 0.3) is 0 Å². The minimum atomic E-state index is -6.09. The fraction of sp³-hybridized carbons (Fsp3) is 1.00. The minimum absolute atomic E-state index is 0. The summed E-state index contributed by atoms with van der Waals surface area (Å²) in [6, 6.07) is 0. The van der Waals surface area contributed by atoms with E-state index in [9.17, 15) is 52.7 Å². The molecule has 33 heavy (non-hydrogen) atoms. The Balaban J connectivity index is -0.000000105. The van der Waals surface area contributed by atoms with Crippen LogP contribution in [0.4, 0.5) is 52.7 Å². The van der Waals surface area contributed by atoms with Gasteiger partial charge in [0.25, 0.3) is 0 Å². The molecule has 0 atom stereocenters. The van der Waals surface area contributed by atoms with E-state index in [1.165, 1.54) is 0 Å². The third kappa shape index (κ3) is 21.9. The van der Waals surface area contributed by atoms with Crippen molar-refractivity contribution in [2.75, 3.05) is 0 Å². The second-order valence-electron chi connectivity index (χ2n) is 3.60. The van der Waals surface area contributed by atoms with E-state index in [0.29, 0.717) is 0 Å². The Bertz CT molecular complexity index is 828. The van der Waals surface area contributed by atoms with Gasteiger partial charge < -0.3 is 18.2 Å². The van der Waals surface area contributed by atoms with Crippen molar-refractivity contribution in [3.8, 4) is 0 Å². The molecule has 0 rings (SSSR count). The third-order valence-electron chi connectivity index (χ3n) is 1.13. The standard InChI is InChI=1S/4CHF3O3S.Hf/c4*2-1(3,4)8(5,6)7;/h4*(H,5,6,7);/p-4. The molecule has 12 nitrogen and oxygen atoms in total. The number of hydrogen-bond donors (Lipinski definition) is 0. The molecule has 0 aliphatic heterocycles. The summed E-state index contributed by atoms with van der Waals surface area (Å²) in [7, 11) is -24.4. The summed E-state index contributed by atoms with van der Waals surface area (Å²) in [6.07, 6.45) is 0. The molecule has 0 aromatic carbocycles. The number of rotatable bonds is 0. The normalized spacial score (nSPS) is 13.6. The zero-order valence-electron chi connectivity index (χ0n) is 13.6. The van der Waals surface area contributed by atoms with Crippen LogP contribution in [0.2, 0.25) is 0 Å². The summed E-state index contributed by atoms with van der Waals surface area (Å²) in [5, 5.41) is 0. The largest absolute Gasteiger partial charge is 0.741 e. The monoisotopic (exact) mass is 776 g/mol. The van der Waals surface area contributed by atoms with Crippen molar-refractivity contribution in [1.29, 1.82) is 0 Å². The molecule has 0 bridgehead atoms. The maximum Gasteiger partial charge on any atom is 0.485 e. The van der Waals surface area contributed by atoms with E-state index in [-0.39, 0.29) is 25.8 Å². The molecule has 0 unspecified atom stereocenters. The zero-order valence-corrected chi connectivity index (χ0v) is 20.4. The molecule has 29 heteroatoms. The van der Waals surface area contributed by atoms with Crippen LogP contribution in [0.1, 0.15) is 0 Å². The van der Waals surface area contributed by atoms with E-state index in [1.54, 1.807) is 0 Å². The van der Waals surface area contributed by atoms with Crippen LogP contribution in [0, 0.1) is 0 Å². The molecule has 0 saturated heterocycles. The molecular weight excluding hydrogens is 775 g/mol. The van der Waals surface area contributed by atoms with Gasteiger partial charge in [-0.1, -0.05) is 0 Å². The molecule has 0 saturated carbocycles. The fourth-order valence-corrected chi connectivity index (χ4v) is 0. The van der Waals surface area contributed by atoms with Crippen molar-refractivity contribution in [1.82, 2.24) is 0 Å². The molecular formula is C4F12HfO12S4-4. The van der Waals surface area contributed by atoms with Gasteiger partial charge in [0.2, 0.25) is 0 Å². The molecule has 0 heterocycles. The predicted octanol–water partition coefficient (Wildman–Crippen LogP) is 0.203. The SMILES string of the molecule is O=S(=O)([O-])C(F)(F)F.O=S(=O)([O-])C(F)(F)F.O=S(=O)([O-])C(F)(F)F.O=S(=O)([O-])C(F)(F)F.[Hf]. The Hall–Kier alpha value is -0.330. The first kappa shape index (κ1) is 42.8. The Morgan fingerprint density at radius 2 is 0.364 bits per heavy atom. The van der Waals surface area contributed by atoms with Crippen LogP contribution < -0.4 is 0 Å². The summed E-state index contributed by atoms with van der Waals surface area (Å²) >= 11 is 0. The molecule has 0 aliphatic carbocycles. The molecule has 204 valence electrons. The molecule has 0 aromatic rings. The van der Waals surface area contributed by atoms with Gasteiger partial charge in [0.1, 0.15) is 0 Å². The average molecular weight is 775 g/mol. The van der Waals surface area contributed by atoms with Crippen molar-refractivity contribution in [2.24, 2.45) is 0 Å².